The molecule has 1 heterocycles. The van der Waals surface area contributed by atoms with Crippen LogP contribution in [0.3, 0.4) is 0 Å². The fraction of sp³-hybridized carbons (Fsp3) is 0.630. The number of nitrogens with zero attached hydrogens (tertiary/aromatic N) is 3. The third-order valence-electron chi connectivity index (χ3n) is 5.62. The number of ether oxygens (including phenoxy) is 2. The van der Waals surface area contributed by atoms with Gasteiger partial charge in [0, 0.05) is 31.9 Å². The maximum atomic E-state index is 12.2. The van der Waals surface area contributed by atoms with Crippen LogP contribution in [0, 0.1) is 0 Å². The van der Waals surface area contributed by atoms with Crippen molar-refractivity contribution in [1.82, 2.24) is 20.3 Å². The van der Waals surface area contributed by atoms with Gasteiger partial charge in [0.2, 0.25) is 23.8 Å². The Labute approximate surface area is 231 Å². The first-order valence-corrected chi connectivity index (χ1v) is 14.0. The summed E-state index contributed by atoms with van der Waals surface area (Å²) in [5.41, 5.74) is 7.02. The highest BCUT2D eigenvalue weighted by Gasteiger charge is 2.08. The second-order valence-electron chi connectivity index (χ2n) is 9.01. The first kappa shape index (κ1) is 32.2. The topological polar surface area (TPSA) is 169 Å². The Hall–Kier alpha value is -3.06. The number of benzene rings is 1. The SMILES string of the molecule is CCCCCCCCNc1nc(NCCO)nc(Nc2ccc(CC(=O)NCCOCCOCCN)cc2)n1. The van der Waals surface area contributed by atoms with Crippen LogP contribution in [0.25, 0.3) is 0 Å². The summed E-state index contributed by atoms with van der Waals surface area (Å²) < 4.78 is 10.6. The fourth-order valence-electron chi connectivity index (χ4n) is 3.61. The van der Waals surface area contributed by atoms with Gasteiger partial charge in [0.25, 0.3) is 0 Å². The second kappa shape index (κ2) is 20.8. The molecular weight excluding hydrogens is 500 g/mol. The van der Waals surface area contributed by atoms with Crippen molar-refractivity contribution in [2.75, 3.05) is 75.2 Å². The average Bonchev–Trinajstić information content (AvgIpc) is 2.94. The number of amides is 1. The van der Waals surface area contributed by atoms with Gasteiger partial charge >= 0.3 is 0 Å². The van der Waals surface area contributed by atoms with Gasteiger partial charge in [-0.2, -0.15) is 15.0 Å². The van der Waals surface area contributed by atoms with Crippen LogP contribution in [0.4, 0.5) is 23.5 Å². The molecule has 0 radical (unpaired) electrons. The van der Waals surface area contributed by atoms with Crippen molar-refractivity contribution < 1.29 is 19.4 Å². The number of rotatable bonds is 23. The standard InChI is InChI=1S/C27H46N8O4/c1-2-3-4-5-6-7-13-30-25-33-26(31-14-16-36)35-27(34-25)32-23-10-8-22(9-11-23)21-24(37)29-15-18-39-20-19-38-17-12-28/h8-11,36H,2-7,12-21,28H2,1H3,(H,29,37)(H3,30,31,32,33,34,35). The van der Waals surface area contributed by atoms with E-state index in [1.54, 1.807) is 0 Å². The number of unbranched alkanes of at least 4 members (excludes halogenated alkanes) is 5. The molecule has 12 heteroatoms. The lowest BCUT2D eigenvalue weighted by molar-refractivity contribution is -0.120. The predicted octanol–water partition coefficient (Wildman–Crippen LogP) is 2.44. The molecule has 2 aromatic rings. The monoisotopic (exact) mass is 546 g/mol. The van der Waals surface area contributed by atoms with Crippen LogP contribution in [0.15, 0.2) is 24.3 Å². The Balaban J connectivity index is 1.80. The molecular formula is C27H46N8O4. The van der Waals surface area contributed by atoms with Crippen molar-refractivity contribution in [2.45, 2.75) is 51.9 Å². The van der Waals surface area contributed by atoms with E-state index in [9.17, 15) is 4.79 Å². The normalized spacial score (nSPS) is 10.8. The summed E-state index contributed by atoms with van der Waals surface area (Å²) in [5, 5.41) is 21.5. The van der Waals surface area contributed by atoms with Crippen LogP contribution in [0.5, 0.6) is 0 Å². The van der Waals surface area contributed by atoms with Gasteiger partial charge in [0.05, 0.1) is 39.5 Å². The third kappa shape index (κ3) is 15.2. The maximum Gasteiger partial charge on any atom is 0.233 e. The lowest BCUT2D eigenvalue weighted by atomic mass is 10.1. The number of aliphatic hydroxyl groups is 1. The summed E-state index contributed by atoms with van der Waals surface area (Å²) in [4.78, 5) is 25.5. The molecule has 0 fully saturated rings. The van der Waals surface area contributed by atoms with Crippen LogP contribution in [-0.4, -0.2) is 85.2 Å². The van der Waals surface area contributed by atoms with E-state index in [2.05, 4.69) is 43.1 Å². The maximum absolute atomic E-state index is 12.2. The van der Waals surface area contributed by atoms with Crippen molar-refractivity contribution in [3.8, 4) is 0 Å². The molecule has 218 valence electrons. The number of nitrogens with one attached hydrogen (secondary N) is 4. The quantitative estimate of drug-likeness (QED) is 0.113. The van der Waals surface area contributed by atoms with E-state index >= 15 is 0 Å². The number of aromatic nitrogens is 3. The van der Waals surface area contributed by atoms with Gasteiger partial charge in [-0.05, 0) is 24.1 Å². The number of aliphatic hydroxyl groups excluding tert-OH is 1. The number of carbonyl (C=O) groups excluding carboxylic acids is 1. The van der Waals surface area contributed by atoms with Crippen LogP contribution >= 0.6 is 0 Å². The van der Waals surface area contributed by atoms with Gasteiger partial charge < -0.3 is 41.6 Å². The highest BCUT2D eigenvalue weighted by Crippen LogP contribution is 2.17. The van der Waals surface area contributed by atoms with E-state index in [0.717, 1.165) is 24.2 Å². The summed E-state index contributed by atoms with van der Waals surface area (Å²) in [5.74, 6) is 1.17. The lowest BCUT2D eigenvalue weighted by Gasteiger charge is -2.11. The van der Waals surface area contributed by atoms with Crippen molar-refractivity contribution in [3.05, 3.63) is 29.8 Å². The lowest BCUT2D eigenvalue weighted by Crippen LogP contribution is -2.29. The zero-order valence-corrected chi connectivity index (χ0v) is 23.2. The van der Waals surface area contributed by atoms with Gasteiger partial charge in [0.15, 0.2) is 0 Å². The van der Waals surface area contributed by atoms with Crippen molar-refractivity contribution in [1.29, 1.82) is 0 Å². The van der Waals surface area contributed by atoms with Crippen LogP contribution < -0.4 is 27.0 Å². The molecule has 2 rings (SSSR count). The van der Waals surface area contributed by atoms with E-state index in [1.165, 1.54) is 32.1 Å². The summed E-state index contributed by atoms with van der Waals surface area (Å²) in [7, 11) is 0. The first-order chi connectivity index (χ1) is 19.1. The largest absolute Gasteiger partial charge is 0.395 e. The molecule has 0 aliphatic rings. The summed E-state index contributed by atoms with van der Waals surface area (Å²) >= 11 is 0. The predicted molar refractivity (Wildman–Crippen MR) is 154 cm³/mol. The molecule has 12 nitrogen and oxygen atoms in total. The Kier molecular flexibility index (Phi) is 17.2. The second-order valence-corrected chi connectivity index (χ2v) is 9.01. The van der Waals surface area contributed by atoms with Gasteiger partial charge in [-0.1, -0.05) is 51.2 Å². The van der Waals surface area contributed by atoms with Crippen molar-refractivity contribution >= 4 is 29.4 Å². The highest BCUT2D eigenvalue weighted by atomic mass is 16.5. The Bertz CT molecular complexity index is 917. The summed E-state index contributed by atoms with van der Waals surface area (Å²) in [6, 6.07) is 7.52. The van der Waals surface area contributed by atoms with Crippen molar-refractivity contribution in [2.24, 2.45) is 5.73 Å². The number of carbonyl (C=O) groups is 1. The molecule has 0 aliphatic heterocycles. The van der Waals surface area contributed by atoms with Gasteiger partial charge in [-0.3, -0.25) is 4.79 Å². The van der Waals surface area contributed by atoms with Crippen LogP contribution in [-0.2, 0) is 20.7 Å². The Morgan fingerprint density at radius 2 is 1.46 bits per heavy atom. The molecule has 0 bridgehead atoms. The van der Waals surface area contributed by atoms with Gasteiger partial charge in [-0.15, -0.1) is 0 Å². The number of nitrogens with two attached hydrogens (primary N) is 1. The fourth-order valence-corrected chi connectivity index (χ4v) is 3.61. The molecule has 39 heavy (non-hydrogen) atoms. The minimum Gasteiger partial charge on any atom is -0.395 e. The molecule has 0 aliphatic carbocycles. The smallest absolute Gasteiger partial charge is 0.233 e. The zero-order chi connectivity index (χ0) is 28.0. The molecule has 0 saturated heterocycles. The Morgan fingerprint density at radius 1 is 0.821 bits per heavy atom. The number of hydrogen-bond donors (Lipinski definition) is 6. The molecule has 1 aromatic carbocycles. The molecule has 0 atom stereocenters. The molecule has 0 saturated carbocycles. The third-order valence-corrected chi connectivity index (χ3v) is 5.62. The van der Waals surface area contributed by atoms with E-state index in [0.29, 0.717) is 63.9 Å². The van der Waals surface area contributed by atoms with E-state index < -0.39 is 0 Å². The van der Waals surface area contributed by atoms with E-state index in [1.807, 2.05) is 24.3 Å². The average molecular weight is 547 g/mol. The van der Waals surface area contributed by atoms with Crippen LogP contribution in [0.1, 0.15) is 51.0 Å². The van der Waals surface area contributed by atoms with E-state index in [4.69, 9.17) is 20.3 Å². The number of hydrogen-bond acceptors (Lipinski definition) is 11. The highest BCUT2D eigenvalue weighted by molar-refractivity contribution is 5.78. The molecule has 7 N–H and O–H groups in total. The zero-order valence-electron chi connectivity index (χ0n) is 23.2. The minimum absolute atomic E-state index is 0.0266. The van der Waals surface area contributed by atoms with Gasteiger partial charge in [-0.25, -0.2) is 0 Å². The van der Waals surface area contributed by atoms with Gasteiger partial charge in [0.1, 0.15) is 0 Å². The minimum atomic E-state index is -0.0724. The molecule has 1 aromatic heterocycles. The number of anilines is 4. The molecule has 0 unspecified atom stereocenters. The molecule has 1 amide bonds. The van der Waals surface area contributed by atoms with E-state index in [-0.39, 0.29) is 18.9 Å². The van der Waals surface area contributed by atoms with Crippen molar-refractivity contribution in [3.63, 3.8) is 0 Å². The van der Waals surface area contributed by atoms with Crippen LogP contribution in [0.2, 0.25) is 0 Å². The Morgan fingerprint density at radius 3 is 2.15 bits per heavy atom. The summed E-state index contributed by atoms with van der Waals surface area (Å²) in [6.45, 7) is 6.15. The first-order valence-electron chi connectivity index (χ1n) is 14.0. The summed E-state index contributed by atoms with van der Waals surface area (Å²) in [6.07, 6.45) is 7.52. The molecule has 0 spiro atoms.